The van der Waals surface area contributed by atoms with E-state index in [2.05, 4.69) is 19.9 Å². The van der Waals surface area contributed by atoms with Gasteiger partial charge in [0.05, 0.1) is 16.2 Å². The van der Waals surface area contributed by atoms with Crippen molar-refractivity contribution >= 4 is 40.1 Å². The number of halogens is 2. The van der Waals surface area contributed by atoms with E-state index in [9.17, 15) is 0 Å². The highest BCUT2D eigenvalue weighted by Crippen LogP contribution is 2.30. The van der Waals surface area contributed by atoms with Gasteiger partial charge in [-0.1, -0.05) is 23.7 Å². The molecule has 0 spiro atoms. The average molecular weight is 292 g/mol. The van der Waals surface area contributed by atoms with Gasteiger partial charge in [0.15, 0.2) is 0 Å². The molecule has 2 aromatic heterocycles. The predicted octanol–water partition coefficient (Wildman–Crippen LogP) is 2.98. The van der Waals surface area contributed by atoms with Crippen LogP contribution in [0, 0.1) is 0 Å². The highest BCUT2D eigenvalue weighted by molar-refractivity contribution is 6.36. The fourth-order valence-electron chi connectivity index (χ4n) is 1.77. The number of anilines is 1. The number of benzene rings is 1. The van der Waals surface area contributed by atoms with Crippen LogP contribution < -0.4 is 5.73 Å². The van der Waals surface area contributed by atoms with E-state index in [1.807, 2.05) is 12.1 Å². The van der Waals surface area contributed by atoms with E-state index in [0.717, 1.165) is 5.39 Å². The van der Waals surface area contributed by atoms with Gasteiger partial charge in [-0.25, -0.2) is 19.9 Å². The van der Waals surface area contributed by atoms with Crippen molar-refractivity contribution in [2.24, 2.45) is 0 Å². The zero-order valence-electron chi connectivity index (χ0n) is 9.51. The number of rotatable bonds is 1. The fourth-order valence-corrected chi connectivity index (χ4v) is 2.16. The smallest absolute Gasteiger partial charge is 0.223 e. The Hall–Kier alpha value is -1.98. The molecule has 0 atom stereocenters. The molecule has 3 rings (SSSR count). The Bertz CT molecular complexity index is 758. The molecule has 19 heavy (non-hydrogen) atoms. The number of nitrogens with zero attached hydrogens (tertiary/aromatic N) is 4. The Morgan fingerprint density at radius 2 is 1.74 bits per heavy atom. The van der Waals surface area contributed by atoms with Gasteiger partial charge in [-0.2, -0.15) is 0 Å². The van der Waals surface area contributed by atoms with Gasteiger partial charge in [-0.3, -0.25) is 0 Å². The lowest BCUT2D eigenvalue weighted by Crippen LogP contribution is -1.96. The molecule has 0 aliphatic heterocycles. The van der Waals surface area contributed by atoms with Crippen molar-refractivity contribution in [2.75, 3.05) is 5.73 Å². The van der Waals surface area contributed by atoms with Crippen molar-refractivity contribution in [2.45, 2.75) is 0 Å². The van der Waals surface area contributed by atoms with Crippen molar-refractivity contribution in [1.82, 2.24) is 19.9 Å². The molecule has 0 unspecified atom stereocenters. The Labute approximate surface area is 118 Å². The maximum Gasteiger partial charge on any atom is 0.223 e. The van der Waals surface area contributed by atoms with Crippen LogP contribution in [0.15, 0.2) is 30.6 Å². The molecule has 94 valence electrons. The number of para-hydroxylation sites is 1. The van der Waals surface area contributed by atoms with E-state index < -0.39 is 0 Å². The topological polar surface area (TPSA) is 77.6 Å². The second-order valence-corrected chi connectivity index (χ2v) is 4.55. The van der Waals surface area contributed by atoms with Gasteiger partial charge >= 0.3 is 0 Å². The zero-order chi connectivity index (χ0) is 13.4. The van der Waals surface area contributed by atoms with Crippen molar-refractivity contribution < 1.29 is 0 Å². The Balaban J connectivity index is 2.34. The fraction of sp³-hybridized carbons (Fsp3) is 0. The second-order valence-electron chi connectivity index (χ2n) is 3.81. The van der Waals surface area contributed by atoms with E-state index in [1.54, 1.807) is 18.5 Å². The third-order valence-corrected chi connectivity index (χ3v) is 3.07. The van der Waals surface area contributed by atoms with Gasteiger partial charge in [0.25, 0.3) is 0 Å². The number of nitrogens with two attached hydrogens (primary N) is 1. The Kier molecular flexibility index (Phi) is 2.93. The molecule has 1 aromatic carbocycles. The largest absolute Gasteiger partial charge is 0.368 e. The standard InChI is InChI=1S/C12H7Cl2N5/c13-8-3-1-2-7-9(18-11(14)19-10(7)8)6-4-16-12(15)17-5-6/h1-5H,(H2,15,16,17). The van der Waals surface area contributed by atoms with E-state index in [0.29, 0.717) is 21.8 Å². The minimum atomic E-state index is 0.118. The minimum absolute atomic E-state index is 0.118. The molecule has 0 saturated heterocycles. The van der Waals surface area contributed by atoms with E-state index in [-0.39, 0.29) is 11.2 Å². The maximum atomic E-state index is 6.11. The van der Waals surface area contributed by atoms with E-state index >= 15 is 0 Å². The van der Waals surface area contributed by atoms with Crippen LogP contribution in [0.1, 0.15) is 0 Å². The second kappa shape index (κ2) is 4.60. The van der Waals surface area contributed by atoms with Crippen molar-refractivity contribution in [1.29, 1.82) is 0 Å². The summed E-state index contributed by atoms with van der Waals surface area (Å²) in [6, 6.07) is 5.43. The first-order valence-corrected chi connectivity index (χ1v) is 6.10. The number of aromatic nitrogens is 4. The maximum absolute atomic E-state index is 6.11. The summed E-state index contributed by atoms with van der Waals surface area (Å²) in [5.74, 6) is 0.200. The summed E-state index contributed by atoms with van der Waals surface area (Å²) >= 11 is 12.0. The first-order valence-electron chi connectivity index (χ1n) is 5.35. The lowest BCUT2D eigenvalue weighted by atomic mass is 10.1. The van der Waals surface area contributed by atoms with Gasteiger partial charge in [0.2, 0.25) is 11.2 Å². The summed E-state index contributed by atoms with van der Waals surface area (Å²) < 4.78 is 0. The summed E-state index contributed by atoms with van der Waals surface area (Å²) in [4.78, 5) is 16.2. The molecular formula is C12H7Cl2N5. The number of hydrogen-bond donors (Lipinski definition) is 1. The van der Waals surface area contributed by atoms with Crippen LogP contribution in [0.25, 0.3) is 22.2 Å². The summed E-state index contributed by atoms with van der Waals surface area (Å²) in [7, 11) is 0. The highest BCUT2D eigenvalue weighted by Gasteiger charge is 2.11. The molecule has 0 aliphatic carbocycles. The number of fused-ring (bicyclic) bond motifs is 1. The molecule has 0 radical (unpaired) electrons. The minimum Gasteiger partial charge on any atom is -0.368 e. The molecule has 2 N–H and O–H groups in total. The van der Waals surface area contributed by atoms with Gasteiger partial charge in [-0.15, -0.1) is 0 Å². The first-order chi connectivity index (χ1) is 9.15. The lowest BCUT2D eigenvalue weighted by Gasteiger charge is -2.06. The molecule has 0 fully saturated rings. The zero-order valence-corrected chi connectivity index (χ0v) is 11.0. The van der Waals surface area contributed by atoms with Crippen molar-refractivity contribution in [3.8, 4) is 11.3 Å². The molecule has 0 aliphatic rings. The summed E-state index contributed by atoms with van der Waals surface area (Å²) in [6.45, 7) is 0. The van der Waals surface area contributed by atoms with Crippen LogP contribution in [0.2, 0.25) is 10.3 Å². The van der Waals surface area contributed by atoms with Crippen molar-refractivity contribution in [3.63, 3.8) is 0 Å². The normalized spacial score (nSPS) is 10.8. The van der Waals surface area contributed by atoms with Gasteiger partial charge in [0.1, 0.15) is 0 Å². The van der Waals surface area contributed by atoms with Crippen LogP contribution in [-0.2, 0) is 0 Å². The quantitative estimate of drug-likeness (QED) is 0.698. The van der Waals surface area contributed by atoms with Crippen molar-refractivity contribution in [3.05, 3.63) is 40.9 Å². The predicted molar refractivity (Wildman–Crippen MR) is 75.0 cm³/mol. The molecule has 0 bridgehead atoms. The van der Waals surface area contributed by atoms with Crippen LogP contribution in [0.5, 0.6) is 0 Å². The van der Waals surface area contributed by atoms with E-state index in [1.165, 1.54) is 0 Å². The number of nitrogen functional groups attached to an aromatic ring is 1. The first kappa shape index (κ1) is 12.1. The third kappa shape index (κ3) is 2.18. The van der Waals surface area contributed by atoms with Gasteiger partial charge in [-0.05, 0) is 17.7 Å². The molecule has 7 heteroatoms. The molecule has 5 nitrogen and oxygen atoms in total. The monoisotopic (exact) mass is 291 g/mol. The molecule has 3 aromatic rings. The summed E-state index contributed by atoms with van der Waals surface area (Å²) in [6.07, 6.45) is 3.17. The Morgan fingerprint density at radius 1 is 1.00 bits per heavy atom. The van der Waals surface area contributed by atoms with Crippen LogP contribution >= 0.6 is 23.2 Å². The Morgan fingerprint density at radius 3 is 2.47 bits per heavy atom. The average Bonchev–Trinajstić information content (AvgIpc) is 2.40. The van der Waals surface area contributed by atoms with Gasteiger partial charge in [0, 0.05) is 23.3 Å². The number of hydrogen-bond acceptors (Lipinski definition) is 5. The van der Waals surface area contributed by atoms with Crippen LogP contribution in [-0.4, -0.2) is 19.9 Å². The molecular weight excluding hydrogens is 285 g/mol. The lowest BCUT2D eigenvalue weighted by molar-refractivity contribution is 1.16. The van der Waals surface area contributed by atoms with Gasteiger partial charge < -0.3 is 5.73 Å². The van der Waals surface area contributed by atoms with Crippen LogP contribution in [0.4, 0.5) is 5.95 Å². The molecule has 2 heterocycles. The highest BCUT2D eigenvalue weighted by atomic mass is 35.5. The molecule has 0 amide bonds. The van der Waals surface area contributed by atoms with E-state index in [4.69, 9.17) is 28.9 Å². The summed E-state index contributed by atoms with van der Waals surface area (Å²) in [5.41, 5.74) is 7.39. The third-order valence-electron chi connectivity index (χ3n) is 2.60. The van der Waals surface area contributed by atoms with Crippen LogP contribution in [0.3, 0.4) is 0 Å². The SMILES string of the molecule is Nc1ncc(-c2nc(Cl)nc3c(Cl)cccc23)cn1. The summed E-state index contributed by atoms with van der Waals surface area (Å²) in [5, 5.41) is 1.41. The molecule has 0 saturated carbocycles.